The van der Waals surface area contributed by atoms with E-state index in [1.165, 1.54) is 6.07 Å². The Bertz CT molecular complexity index is 1450. The quantitative estimate of drug-likeness (QED) is 0.368. The third-order valence-electron chi connectivity index (χ3n) is 10.1. The van der Waals surface area contributed by atoms with Crippen molar-refractivity contribution in [1.29, 1.82) is 0 Å². The molecule has 4 unspecified atom stereocenters. The van der Waals surface area contributed by atoms with E-state index in [1.54, 1.807) is 25.5 Å². The van der Waals surface area contributed by atoms with Crippen LogP contribution < -0.4 is 10.6 Å². The number of aliphatic hydroxyl groups is 1. The molecule has 1 aromatic heterocycles. The van der Waals surface area contributed by atoms with Gasteiger partial charge in [-0.1, -0.05) is 24.3 Å². The van der Waals surface area contributed by atoms with E-state index in [4.69, 9.17) is 0 Å². The van der Waals surface area contributed by atoms with Crippen LogP contribution in [0.1, 0.15) is 62.6 Å². The molecule has 4 bridgehead atoms. The highest BCUT2D eigenvalue weighted by Gasteiger charge is 2.58. The number of anilines is 1. The molecule has 3 aromatic rings. The van der Waals surface area contributed by atoms with Crippen molar-refractivity contribution in [3.63, 3.8) is 0 Å². The van der Waals surface area contributed by atoms with Crippen LogP contribution in [-0.4, -0.2) is 38.6 Å². The molecule has 1 aliphatic heterocycles. The number of nitrogens with one attached hydrogen (secondary N) is 2. The van der Waals surface area contributed by atoms with Crippen LogP contribution in [-0.2, 0) is 11.2 Å². The van der Waals surface area contributed by atoms with Crippen LogP contribution in [0.5, 0.6) is 0 Å². The maximum Gasteiger partial charge on any atom is 0.319 e. The van der Waals surface area contributed by atoms with Crippen LogP contribution >= 0.6 is 0 Å². The number of halogens is 1. The molecular weight excluding hydrogens is 507 g/mol. The molecule has 2 aromatic carbocycles. The molecule has 7 nitrogen and oxygen atoms in total. The van der Waals surface area contributed by atoms with Gasteiger partial charge in [0.05, 0.1) is 30.4 Å². The number of carbonyl (C=O) groups excluding carboxylic acids is 2. The molecule has 4 saturated carbocycles. The highest BCUT2D eigenvalue weighted by molar-refractivity contribution is 5.89. The van der Waals surface area contributed by atoms with E-state index in [9.17, 15) is 14.7 Å². The number of rotatable bonds is 7. The molecule has 4 fully saturated rings. The summed E-state index contributed by atoms with van der Waals surface area (Å²) in [5.74, 6) is 1.07. The van der Waals surface area contributed by atoms with Crippen LogP contribution in [0.2, 0.25) is 0 Å². The number of carbonyl (C=O) groups is 2. The number of Topliss-reactive ketones (excluding diaryl/α,β-unsaturated/α-hetero) is 1. The van der Waals surface area contributed by atoms with Gasteiger partial charge in [0.1, 0.15) is 11.6 Å². The standard InChI is InChI=1S/C32H35FN4O3/c1-18(38)9-19-5-7-23(8-6-19)35-31(40)36-30-21-10-20-11-22(30)15-32(13-20,14-21)28(39)12-26-29-24(3-2-4-25(29)33)27-16-34-17-37(26)27/h2-8,16-17,20-22,26,28,30,39H,9-15H2,1H3,(H2,35,36,40). The van der Waals surface area contributed by atoms with Crippen LogP contribution in [0.3, 0.4) is 0 Å². The average Bonchev–Trinajstić information content (AvgIpc) is 3.50. The van der Waals surface area contributed by atoms with Gasteiger partial charge in [0, 0.05) is 29.3 Å². The Labute approximate surface area is 233 Å². The molecule has 0 saturated heterocycles. The number of hydrogen-bond donors (Lipinski definition) is 3. The molecule has 2 heterocycles. The zero-order chi connectivity index (χ0) is 27.6. The molecule has 0 spiro atoms. The highest BCUT2D eigenvalue weighted by Crippen LogP contribution is 2.62. The minimum absolute atomic E-state index is 0.0822. The van der Waals surface area contributed by atoms with Gasteiger partial charge in [0.2, 0.25) is 0 Å². The van der Waals surface area contributed by atoms with E-state index in [-0.39, 0.29) is 35.1 Å². The van der Waals surface area contributed by atoms with Crippen molar-refractivity contribution >= 4 is 17.5 Å². The number of urea groups is 1. The number of aliphatic hydroxyl groups excluding tert-OH is 1. The Kier molecular flexibility index (Phi) is 6.07. The molecule has 3 N–H and O–H groups in total. The smallest absolute Gasteiger partial charge is 0.319 e. The fourth-order valence-corrected chi connectivity index (χ4v) is 8.74. The molecule has 8 heteroatoms. The molecule has 8 rings (SSSR count). The lowest BCUT2D eigenvalue weighted by molar-refractivity contribution is -0.135. The Balaban J connectivity index is 1.04. The van der Waals surface area contributed by atoms with Crippen molar-refractivity contribution in [3.05, 3.63) is 71.9 Å². The van der Waals surface area contributed by atoms with E-state index in [1.807, 2.05) is 34.9 Å². The van der Waals surface area contributed by atoms with Crippen molar-refractivity contribution in [3.8, 4) is 11.3 Å². The second kappa shape index (κ2) is 9.54. The van der Waals surface area contributed by atoms with Crippen molar-refractivity contribution in [1.82, 2.24) is 14.9 Å². The fourth-order valence-electron chi connectivity index (χ4n) is 8.74. The van der Waals surface area contributed by atoms with Gasteiger partial charge in [-0.05, 0) is 92.4 Å². The Hall–Kier alpha value is -3.52. The topological polar surface area (TPSA) is 96.2 Å². The van der Waals surface area contributed by atoms with Gasteiger partial charge < -0.3 is 20.3 Å². The lowest BCUT2D eigenvalue weighted by Gasteiger charge is -2.61. The zero-order valence-corrected chi connectivity index (χ0v) is 22.6. The summed E-state index contributed by atoms with van der Waals surface area (Å²) in [7, 11) is 0. The number of nitrogens with zero attached hydrogens (tertiary/aromatic N) is 2. The van der Waals surface area contributed by atoms with Crippen LogP contribution in [0.4, 0.5) is 14.9 Å². The number of ketones is 1. The average molecular weight is 543 g/mol. The summed E-state index contributed by atoms with van der Waals surface area (Å²) in [5, 5.41) is 18.0. The Morgan fingerprint density at radius 3 is 2.60 bits per heavy atom. The number of imidazole rings is 1. The first-order valence-electron chi connectivity index (χ1n) is 14.4. The Morgan fingerprint density at radius 1 is 1.12 bits per heavy atom. The summed E-state index contributed by atoms with van der Waals surface area (Å²) in [5.41, 5.74) is 3.85. The van der Waals surface area contributed by atoms with E-state index in [0.29, 0.717) is 41.8 Å². The summed E-state index contributed by atoms with van der Waals surface area (Å²) in [6, 6.07) is 12.2. The van der Waals surface area contributed by atoms with Crippen molar-refractivity contribution in [2.24, 2.45) is 23.2 Å². The third kappa shape index (κ3) is 4.24. The van der Waals surface area contributed by atoms with Gasteiger partial charge >= 0.3 is 6.03 Å². The minimum Gasteiger partial charge on any atom is -0.392 e. The molecule has 4 atom stereocenters. The van der Waals surface area contributed by atoms with E-state index >= 15 is 4.39 Å². The van der Waals surface area contributed by atoms with Crippen molar-refractivity contribution < 1.29 is 19.1 Å². The van der Waals surface area contributed by atoms with Gasteiger partial charge in [-0.3, -0.25) is 4.79 Å². The van der Waals surface area contributed by atoms with Gasteiger partial charge in [0.25, 0.3) is 0 Å². The number of aromatic nitrogens is 2. The third-order valence-corrected chi connectivity index (χ3v) is 10.1. The zero-order valence-electron chi connectivity index (χ0n) is 22.6. The summed E-state index contributed by atoms with van der Waals surface area (Å²) in [6.07, 6.45) is 8.71. The van der Waals surface area contributed by atoms with Crippen molar-refractivity contribution in [2.45, 2.75) is 70.1 Å². The molecule has 4 aliphatic carbocycles. The predicted octanol–water partition coefficient (Wildman–Crippen LogP) is 5.49. The first-order valence-corrected chi connectivity index (χ1v) is 14.4. The molecule has 2 amide bonds. The second-order valence-corrected chi connectivity index (χ2v) is 12.7. The van der Waals surface area contributed by atoms with Gasteiger partial charge in [-0.2, -0.15) is 0 Å². The lowest BCUT2D eigenvalue weighted by atomic mass is 9.46. The van der Waals surface area contributed by atoms with E-state index in [2.05, 4.69) is 15.6 Å². The SMILES string of the molecule is CC(=O)Cc1ccc(NC(=O)NC2C3CC4CC2CC(C(O)CC2c5c(F)cccc5-c5cncn52)(C4)C3)cc1. The number of amides is 2. The van der Waals surface area contributed by atoms with Crippen molar-refractivity contribution in [2.75, 3.05) is 5.32 Å². The summed E-state index contributed by atoms with van der Waals surface area (Å²) < 4.78 is 17.0. The van der Waals surface area contributed by atoms with Gasteiger partial charge in [0.15, 0.2) is 0 Å². The lowest BCUT2D eigenvalue weighted by Crippen LogP contribution is -2.62. The summed E-state index contributed by atoms with van der Waals surface area (Å²) >= 11 is 0. The molecule has 0 radical (unpaired) electrons. The normalized spacial score (nSPS) is 30.0. The maximum atomic E-state index is 15.0. The first kappa shape index (κ1) is 25.4. The maximum absolute atomic E-state index is 15.0. The van der Waals surface area contributed by atoms with Crippen LogP contribution in [0, 0.1) is 29.0 Å². The largest absolute Gasteiger partial charge is 0.392 e. The highest BCUT2D eigenvalue weighted by atomic mass is 19.1. The second-order valence-electron chi connectivity index (χ2n) is 12.7. The summed E-state index contributed by atoms with van der Waals surface area (Å²) in [4.78, 5) is 28.6. The summed E-state index contributed by atoms with van der Waals surface area (Å²) in [6.45, 7) is 1.57. The number of fused-ring (bicyclic) bond motifs is 3. The number of benzene rings is 2. The predicted molar refractivity (Wildman–Crippen MR) is 149 cm³/mol. The van der Waals surface area contributed by atoms with Crippen LogP contribution in [0.15, 0.2) is 55.0 Å². The number of hydrogen-bond acceptors (Lipinski definition) is 4. The molecule has 5 aliphatic rings. The minimum atomic E-state index is -0.560. The Morgan fingerprint density at radius 2 is 1.88 bits per heavy atom. The first-order chi connectivity index (χ1) is 19.3. The van der Waals surface area contributed by atoms with Gasteiger partial charge in [-0.25, -0.2) is 14.2 Å². The van der Waals surface area contributed by atoms with E-state index in [0.717, 1.165) is 48.9 Å². The van der Waals surface area contributed by atoms with Crippen LogP contribution in [0.25, 0.3) is 11.3 Å². The molecule has 208 valence electrons. The van der Waals surface area contributed by atoms with Gasteiger partial charge in [-0.15, -0.1) is 0 Å². The molecule has 40 heavy (non-hydrogen) atoms. The molecular formula is C32H35FN4O3. The monoisotopic (exact) mass is 542 g/mol. The van der Waals surface area contributed by atoms with E-state index < -0.39 is 6.10 Å². The fraction of sp³-hybridized carbons (Fsp3) is 0.469.